The van der Waals surface area contributed by atoms with Crippen molar-refractivity contribution in [2.24, 2.45) is 0 Å². The predicted octanol–water partition coefficient (Wildman–Crippen LogP) is 12.1. The molecule has 2 heterocycles. The molecule has 262 valence electrons. The zero-order chi connectivity index (χ0) is 37.5. The maximum atomic E-state index is 9.35. The predicted molar refractivity (Wildman–Crippen MR) is 222 cm³/mol. The molecule has 0 fully saturated rings. The highest BCUT2D eigenvalue weighted by atomic mass is 16.5. The highest BCUT2D eigenvalue weighted by Gasteiger charge is 2.45. The first kappa shape index (κ1) is 32.9. The van der Waals surface area contributed by atoms with Crippen LogP contribution in [0.1, 0.15) is 27.8 Å². The molecule has 0 radical (unpaired) electrons. The number of ether oxygens (including phenoxy) is 1. The summed E-state index contributed by atoms with van der Waals surface area (Å²) in [6.07, 6.45) is 0. The number of nitriles is 1. The van der Waals surface area contributed by atoms with Gasteiger partial charge in [-0.05, 0) is 81.6 Å². The number of aromatic nitrogens is 3. The topological polar surface area (TPSA) is 71.7 Å². The first-order chi connectivity index (χ1) is 27.7. The van der Waals surface area contributed by atoms with Crippen LogP contribution in [0.15, 0.2) is 194 Å². The molecule has 5 heteroatoms. The summed E-state index contributed by atoms with van der Waals surface area (Å²) < 4.78 is 6.82. The Bertz CT molecular complexity index is 2880. The fourth-order valence-corrected chi connectivity index (χ4v) is 7.97. The Morgan fingerprint density at radius 1 is 0.393 bits per heavy atom. The van der Waals surface area contributed by atoms with E-state index in [4.69, 9.17) is 19.7 Å². The summed E-state index contributed by atoms with van der Waals surface area (Å²) in [4.78, 5) is 14.7. The number of benzene rings is 8. The average Bonchev–Trinajstić information content (AvgIpc) is 3.28. The lowest BCUT2D eigenvalue weighted by Gasteiger charge is -2.42. The van der Waals surface area contributed by atoms with Crippen molar-refractivity contribution in [2.75, 3.05) is 0 Å². The van der Waals surface area contributed by atoms with E-state index < -0.39 is 5.41 Å². The Balaban J connectivity index is 1.11. The van der Waals surface area contributed by atoms with E-state index in [1.165, 1.54) is 11.1 Å². The van der Waals surface area contributed by atoms with Gasteiger partial charge < -0.3 is 4.74 Å². The Labute approximate surface area is 324 Å². The van der Waals surface area contributed by atoms with Crippen molar-refractivity contribution in [1.29, 1.82) is 5.26 Å². The molecular formula is C51H32N4O. The Morgan fingerprint density at radius 2 is 0.839 bits per heavy atom. The minimum absolute atomic E-state index is 0.545. The van der Waals surface area contributed by atoms with Crippen LogP contribution in [0.25, 0.3) is 56.1 Å². The molecule has 0 spiro atoms. The normalized spacial score (nSPS) is 12.6. The number of hydrogen-bond donors (Lipinski definition) is 0. The lowest BCUT2D eigenvalue weighted by molar-refractivity contribution is 0.435. The molecule has 1 aliphatic rings. The SMILES string of the molecule is N#Cc1ccc(-c2nc(-c3ccccc3)nc(-c3ccc(-c4ccc5c(c4)C(c4ccccc4)(c4ccccc4)c4cc6ccccc6cc4O5)cc3)n2)cc1. The molecule has 9 aromatic rings. The number of nitrogens with zero attached hydrogens (tertiary/aromatic N) is 4. The van der Waals surface area contributed by atoms with Crippen LogP contribution in [0, 0.1) is 11.3 Å². The molecule has 5 nitrogen and oxygen atoms in total. The number of rotatable bonds is 6. The molecular weight excluding hydrogens is 685 g/mol. The second-order valence-electron chi connectivity index (χ2n) is 13.9. The standard InChI is InChI=1S/C51H32N4O/c52-33-34-20-22-37(23-21-34)49-53-48(36-12-4-1-5-13-36)54-50(55-49)38-26-24-35(25-27-38)41-28-29-46-44(31-41)51(42-16-6-2-7-17-42,43-18-8-3-9-19-43)45-30-39-14-10-11-15-40(39)32-47(45)56-46/h1-32H. The van der Waals surface area contributed by atoms with Gasteiger partial charge in [-0.25, -0.2) is 15.0 Å². The van der Waals surface area contributed by atoms with E-state index in [1.807, 2.05) is 42.5 Å². The van der Waals surface area contributed by atoms with Crippen LogP contribution in [-0.4, -0.2) is 15.0 Å². The second-order valence-corrected chi connectivity index (χ2v) is 13.9. The van der Waals surface area contributed by atoms with Crippen LogP contribution in [0.3, 0.4) is 0 Å². The molecule has 0 atom stereocenters. The van der Waals surface area contributed by atoms with Crippen LogP contribution in [0.5, 0.6) is 11.5 Å². The molecule has 0 unspecified atom stereocenters. The van der Waals surface area contributed by atoms with Gasteiger partial charge in [-0.1, -0.05) is 146 Å². The van der Waals surface area contributed by atoms with Gasteiger partial charge in [0.1, 0.15) is 11.5 Å². The molecule has 0 N–H and O–H groups in total. The summed E-state index contributed by atoms with van der Waals surface area (Å²) in [5, 5.41) is 11.7. The van der Waals surface area contributed by atoms with Gasteiger partial charge in [0.25, 0.3) is 0 Å². The highest BCUT2D eigenvalue weighted by molar-refractivity contribution is 5.88. The number of hydrogen-bond acceptors (Lipinski definition) is 5. The van der Waals surface area contributed by atoms with Crippen molar-refractivity contribution < 1.29 is 4.74 Å². The third-order valence-electron chi connectivity index (χ3n) is 10.7. The van der Waals surface area contributed by atoms with E-state index in [2.05, 4.69) is 146 Å². The zero-order valence-electron chi connectivity index (χ0n) is 30.2. The van der Waals surface area contributed by atoms with Crippen molar-refractivity contribution in [3.63, 3.8) is 0 Å². The second kappa shape index (κ2) is 13.6. The van der Waals surface area contributed by atoms with Gasteiger partial charge in [0.15, 0.2) is 17.5 Å². The average molecular weight is 717 g/mol. The van der Waals surface area contributed by atoms with Crippen LogP contribution < -0.4 is 4.74 Å². The molecule has 1 aliphatic heterocycles. The van der Waals surface area contributed by atoms with Crippen molar-refractivity contribution in [3.8, 4) is 62.9 Å². The van der Waals surface area contributed by atoms with Crippen LogP contribution in [0.4, 0.5) is 0 Å². The summed E-state index contributed by atoms with van der Waals surface area (Å²) in [6, 6.07) is 68.9. The van der Waals surface area contributed by atoms with Gasteiger partial charge >= 0.3 is 0 Å². The molecule has 0 amide bonds. The third kappa shape index (κ3) is 5.60. The summed E-state index contributed by atoms with van der Waals surface area (Å²) >= 11 is 0. The lowest BCUT2D eigenvalue weighted by atomic mass is 9.63. The molecule has 56 heavy (non-hydrogen) atoms. The van der Waals surface area contributed by atoms with Crippen molar-refractivity contribution >= 4 is 10.8 Å². The Morgan fingerprint density at radius 3 is 1.41 bits per heavy atom. The highest BCUT2D eigenvalue weighted by Crippen LogP contribution is 2.56. The van der Waals surface area contributed by atoms with Crippen molar-refractivity contribution in [2.45, 2.75) is 5.41 Å². The van der Waals surface area contributed by atoms with E-state index in [0.29, 0.717) is 23.0 Å². The van der Waals surface area contributed by atoms with E-state index in [1.54, 1.807) is 12.1 Å². The maximum absolute atomic E-state index is 9.35. The van der Waals surface area contributed by atoms with Crippen LogP contribution >= 0.6 is 0 Å². The third-order valence-corrected chi connectivity index (χ3v) is 10.7. The van der Waals surface area contributed by atoms with Gasteiger partial charge in [-0.3, -0.25) is 0 Å². The fourth-order valence-electron chi connectivity index (χ4n) is 7.97. The molecule has 8 aromatic carbocycles. The molecule has 0 bridgehead atoms. The fraction of sp³-hybridized carbons (Fsp3) is 0.0196. The molecule has 1 aromatic heterocycles. The van der Waals surface area contributed by atoms with Gasteiger partial charge in [0.05, 0.1) is 17.0 Å². The molecule has 0 aliphatic carbocycles. The Kier molecular flexibility index (Phi) is 8.01. The van der Waals surface area contributed by atoms with Gasteiger partial charge in [-0.2, -0.15) is 5.26 Å². The van der Waals surface area contributed by atoms with Crippen LogP contribution in [-0.2, 0) is 5.41 Å². The first-order valence-corrected chi connectivity index (χ1v) is 18.6. The van der Waals surface area contributed by atoms with E-state index in [9.17, 15) is 5.26 Å². The quantitative estimate of drug-likeness (QED) is 0.171. The minimum Gasteiger partial charge on any atom is -0.457 e. The lowest BCUT2D eigenvalue weighted by Crippen LogP contribution is -2.34. The van der Waals surface area contributed by atoms with E-state index in [-0.39, 0.29) is 0 Å². The monoisotopic (exact) mass is 716 g/mol. The van der Waals surface area contributed by atoms with Gasteiger partial charge in [-0.15, -0.1) is 0 Å². The zero-order valence-corrected chi connectivity index (χ0v) is 30.2. The maximum Gasteiger partial charge on any atom is 0.164 e. The summed E-state index contributed by atoms with van der Waals surface area (Å²) in [5.74, 6) is 3.38. The van der Waals surface area contributed by atoms with Gasteiger partial charge in [0.2, 0.25) is 0 Å². The largest absolute Gasteiger partial charge is 0.457 e. The van der Waals surface area contributed by atoms with Gasteiger partial charge in [0, 0.05) is 27.8 Å². The molecule has 0 saturated carbocycles. The van der Waals surface area contributed by atoms with Crippen molar-refractivity contribution in [3.05, 3.63) is 222 Å². The van der Waals surface area contributed by atoms with E-state index in [0.717, 1.165) is 61.2 Å². The molecule has 10 rings (SSSR count). The summed E-state index contributed by atoms with van der Waals surface area (Å²) in [5.41, 5.74) is 9.16. The van der Waals surface area contributed by atoms with E-state index >= 15 is 0 Å². The first-order valence-electron chi connectivity index (χ1n) is 18.6. The van der Waals surface area contributed by atoms with Crippen LogP contribution in [0.2, 0.25) is 0 Å². The Hall–Kier alpha value is -7.68. The summed E-state index contributed by atoms with van der Waals surface area (Å²) in [6.45, 7) is 0. The smallest absolute Gasteiger partial charge is 0.164 e. The summed E-state index contributed by atoms with van der Waals surface area (Å²) in [7, 11) is 0. The minimum atomic E-state index is -0.647. The van der Waals surface area contributed by atoms with Crippen molar-refractivity contribution in [1.82, 2.24) is 15.0 Å². The number of fused-ring (bicyclic) bond motifs is 3. The molecule has 0 saturated heterocycles.